The minimum Gasteiger partial charge on any atom is -0.481 e. The predicted octanol–water partition coefficient (Wildman–Crippen LogP) is 6.51. The molecule has 5 heteroatoms. The molecule has 0 aromatic rings. The third-order valence-corrected chi connectivity index (χ3v) is 4.70. The standard InChI is InChI=1S/C21H42O3.C3H6O2/c1-19(2)16-14-12-10-8-6-4-5-7-9-11-13-15-17-21(23)24-18-20(3)22;1-2-3(4)5/h19-20,22H,4-18H2,1-3H3;2H2,1H3,(H,4,5). The normalized spacial score (nSPS) is 11.7. The summed E-state index contributed by atoms with van der Waals surface area (Å²) in [4.78, 5) is 20.7. The molecule has 0 bridgehead atoms. The molecule has 29 heavy (non-hydrogen) atoms. The lowest BCUT2D eigenvalue weighted by atomic mass is 10.0. The highest BCUT2D eigenvalue weighted by molar-refractivity contribution is 5.69. The van der Waals surface area contributed by atoms with Gasteiger partial charge in [0.25, 0.3) is 0 Å². The third-order valence-electron chi connectivity index (χ3n) is 4.70. The van der Waals surface area contributed by atoms with Gasteiger partial charge in [0, 0.05) is 12.8 Å². The van der Waals surface area contributed by atoms with Gasteiger partial charge in [-0.05, 0) is 19.3 Å². The van der Waals surface area contributed by atoms with Crippen molar-refractivity contribution in [2.24, 2.45) is 5.92 Å². The molecule has 0 fully saturated rings. The Morgan fingerprint density at radius 2 is 1.14 bits per heavy atom. The van der Waals surface area contributed by atoms with Gasteiger partial charge in [0.2, 0.25) is 0 Å². The molecular weight excluding hydrogens is 368 g/mol. The predicted molar refractivity (Wildman–Crippen MR) is 120 cm³/mol. The topological polar surface area (TPSA) is 83.8 Å². The second kappa shape index (κ2) is 23.2. The Balaban J connectivity index is 0. The summed E-state index contributed by atoms with van der Waals surface area (Å²) < 4.78 is 4.93. The minimum atomic E-state index is -0.745. The van der Waals surface area contributed by atoms with Crippen molar-refractivity contribution in [3.05, 3.63) is 0 Å². The number of rotatable bonds is 18. The Labute approximate surface area is 179 Å². The first-order chi connectivity index (χ1) is 13.8. The maximum atomic E-state index is 11.3. The van der Waals surface area contributed by atoms with Crippen LogP contribution in [0.1, 0.15) is 124 Å². The van der Waals surface area contributed by atoms with E-state index in [9.17, 15) is 9.59 Å². The summed E-state index contributed by atoms with van der Waals surface area (Å²) in [5, 5.41) is 16.8. The van der Waals surface area contributed by atoms with Crippen molar-refractivity contribution in [1.82, 2.24) is 0 Å². The third kappa shape index (κ3) is 31.8. The lowest BCUT2D eigenvalue weighted by Crippen LogP contribution is -2.14. The Kier molecular flexibility index (Phi) is 24.1. The van der Waals surface area contributed by atoms with Gasteiger partial charge in [0.05, 0.1) is 6.10 Å². The fourth-order valence-corrected chi connectivity index (χ4v) is 2.88. The summed E-state index contributed by atoms with van der Waals surface area (Å²) in [6.07, 6.45) is 17.2. The van der Waals surface area contributed by atoms with Gasteiger partial charge < -0.3 is 14.9 Å². The maximum Gasteiger partial charge on any atom is 0.305 e. The van der Waals surface area contributed by atoms with Crippen LogP contribution in [0.5, 0.6) is 0 Å². The van der Waals surface area contributed by atoms with Crippen LogP contribution in [0.25, 0.3) is 0 Å². The van der Waals surface area contributed by atoms with Crippen molar-refractivity contribution in [3.8, 4) is 0 Å². The van der Waals surface area contributed by atoms with E-state index in [0.29, 0.717) is 6.42 Å². The number of unbranched alkanes of at least 4 members (excludes halogenated alkanes) is 11. The van der Waals surface area contributed by atoms with Gasteiger partial charge in [-0.3, -0.25) is 9.59 Å². The highest BCUT2D eigenvalue weighted by atomic mass is 16.5. The van der Waals surface area contributed by atoms with Crippen LogP contribution in [0.2, 0.25) is 0 Å². The van der Waals surface area contributed by atoms with Gasteiger partial charge in [0.15, 0.2) is 0 Å². The molecule has 0 aromatic heterocycles. The van der Waals surface area contributed by atoms with Crippen molar-refractivity contribution in [1.29, 1.82) is 0 Å². The first-order valence-corrected chi connectivity index (χ1v) is 11.8. The fourth-order valence-electron chi connectivity index (χ4n) is 2.88. The molecule has 0 aliphatic heterocycles. The zero-order valence-corrected chi connectivity index (χ0v) is 19.6. The van der Waals surface area contributed by atoms with Crippen LogP contribution in [0.3, 0.4) is 0 Å². The number of aliphatic hydroxyl groups is 1. The van der Waals surface area contributed by atoms with Crippen LogP contribution in [0.15, 0.2) is 0 Å². The first-order valence-electron chi connectivity index (χ1n) is 11.8. The molecule has 0 radical (unpaired) electrons. The van der Waals surface area contributed by atoms with Crippen molar-refractivity contribution in [3.63, 3.8) is 0 Å². The molecule has 0 aliphatic rings. The number of carboxylic acids is 1. The van der Waals surface area contributed by atoms with Crippen LogP contribution in [0.4, 0.5) is 0 Å². The molecule has 0 spiro atoms. The smallest absolute Gasteiger partial charge is 0.305 e. The number of carbonyl (C=O) groups excluding carboxylic acids is 1. The number of hydrogen-bond acceptors (Lipinski definition) is 4. The van der Waals surface area contributed by atoms with E-state index in [1.807, 2.05) is 0 Å². The molecule has 1 atom stereocenters. The van der Waals surface area contributed by atoms with E-state index in [1.165, 1.54) is 70.6 Å². The van der Waals surface area contributed by atoms with Gasteiger partial charge in [0.1, 0.15) is 6.61 Å². The Hall–Kier alpha value is -1.10. The molecule has 0 saturated carbocycles. The van der Waals surface area contributed by atoms with Gasteiger partial charge >= 0.3 is 11.9 Å². The zero-order chi connectivity index (χ0) is 22.3. The van der Waals surface area contributed by atoms with E-state index in [-0.39, 0.29) is 19.0 Å². The monoisotopic (exact) mass is 416 g/mol. The van der Waals surface area contributed by atoms with E-state index < -0.39 is 12.1 Å². The van der Waals surface area contributed by atoms with Crippen LogP contribution < -0.4 is 0 Å². The summed E-state index contributed by atoms with van der Waals surface area (Å²) in [5.74, 6) is -0.0609. The largest absolute Gasteiger partial charge is 0.481 e. The molecule has 0 aliphatic carbocycles. The van der Waals surface area contributed by atoms with Crippen molar-refractivity contribution < 1.29 is 24.5 Å². The Morgan fingerprint density at radius 1 is 0.759 bits per heavy atom. The average molecular weight is 417 g/mol. The second-order valence-corrected chi connectivity index (χ2v) is 8.45. The van der Waals surface area contributed by atoms with Crippen LogP contribution in [-0.2, 0) is 14.3 Å². The molecule has 5 nitrogen and oxygen atoms in total. The van der Waals surface area contributed by atoms with E-state index in [4.69, 9.17) is 14.9 Å². The molecule has 174 valence electrons. The van der Waals surface area contributed by atoms with Crippen molar-refractivity contribution in [2.45, 2.75) is 130 Å². The number of esters is 1. The average Bonchev–Trinajstić information content (AvgIpc) is 2.66. The molecule has 0 amide bonds. The molecule has 0 rings (SSSR count). The Bertz CT molecular complexity index is 366. The molecule has 0 aromatic carbocycles. The van der Waals surface area contributed by atoms with Gasteiger partial charge in [-0.15, -0.1) is 0 Å². The Morgan fingerprint density at radius 3 is 1.48 bits per heavy atom. The number of hydrogen-bond donors (Lipinski definition) is 2. The minimum absolute atomic E-state index is 0.122. The van der Waals surface area contributed by atoms with E-state index in [0.717, 1.165) is 18.8 Å². The van der Waals surface area contributed by atoms with Crippen LogP contribution in [0, 0.1) is 5.92 Å². The lowest BCUT2D eigenvalue weighted by molar-refractivity contribution is -0.146. The SMILES string of the molecule is CC(C)CCCCCCCCCCCCCCC(=O)OCC(C)O.CCC(=O)O. The van der Waals surface area contributed by atoms with Gasteiger partial charge in [-0.2, -0.15) is 0 Å². The number of carboxylic acid groups (broad SMARTS) is 1. The summed E-state index contributed by atoms with van der Waals surface area (Å²) in [6, 6.07) is 0. The molecule has 0 heterocycles. The van der Waals surface area contributed by atoms with Gasteiger partial charge in [-0.1, -0.05) is 97.8 Å². The number of carbonyl (C=O) groups is 2. The highest BCUT2D eigenvalue weighted by Gasteiger charge is 2.04. The molecule has 0 saturated heterocycles. The summed E-state index contributed by atoms with van der Waals surface area (Å²) in [5.41, 5.74) is 0. The number of aliphatic hydroxyl groups excluding tert-OH is 1. The van der Waals surface area contributed by atoms with Crippen LogP contribution in [-0.4, -0.2) is 34.9 Å². The molecule has 2 N–H and O–H groups in total. The van der Waals surface area contributed by atoms with Gasteiger partial charge in [-0.25, -0.2) is 0 Å². The maximum absolute atomic E-state index is 11.3. The highest BCUT2D eigenvalue weighted by Crippen LogP contribution is 2.14. The quantitative estimate of drug-likeness (QED) is 0.196. The number of ether oxygens (including phenoxy) is 1. The molecular formula is C24H48O5. The van der Waals surface area contributed by atoms with Crippen molar-refractivity contribution >= 4 is 11.9 Å². The van der Waals surface area contributed by atoms with Crippen LogP contribution >= 0.6 is 0 Å². The van der Waals surface area contributed by atoms with Crippen molar-refractivity contribution in [2.75, 3.05) is 6.61 Å². The summed E-state index contributed by atoms with van der Waals surface area (Å²) >= 11 is 0. The van der Waals surface area contributed by atoms with E-state index in [2.05, 4.69) is 13.8 Å². The lowest BCUT2D eigenvalue weighted by Gasteiger charge is -2.06. The summed E-state index contributed by atoms with van der Waals surface area (Å²) in [7, 11) is 0. The second-order valence-electron chi connectivity index (χ2n) is 8.45. The fraction of sp³-hybridized carbons (Fsp3) is 0.917. The van der Waals surface area contributed by atoms with E-state index in [1.54, 1.807) is 13.8 Å². The molecule has 1 unspecified atom stereocenters. The zero-order valence-electron chi connectivity index (χ0n) is 19.6. The summed E-state index contributed by atoms with van der Waals surface area (Å²) in [6.45, 7) is 7.96. The number of aliphatic carboxylic acids is 1. The first kappa shape index (κ1) is 30.1. The van der Waals surface area contributed by atoms with E-state index >= 15 is 0 Å².